The van der Waals surface area contributed by atoms with E-state index < -0.39 is 0 Å². The lowest BCUT2D eigenvalue weighted by molar-refractivity contribution is 0.0963. The first-order chi connectivity index (χ1) is 13.6. The van der Waals surface area contributed by atoms with Crippen LogP contribution in [0.1, 0.15) is 27.0 Å². The fraction of sp³-hybridized carbons (Fsp3) is 0.333. The summed E-state index contributed by atoms with van der Waals surface area (Å²) in [5, 5.41) is 9.18. The largest absolute Gasteiger partial charge is 0.356 e. The first kappa shape index (κ1) is 21.8. The van der Waals surface area contributed by atoms with Crippen molar-refractivity contribution in [3.8, 4) is 0 Å². The van der Waals surface area contributed by atoms with Crippen molar-refractivity contribution in [3.63, 3.8) is 0 Å². The second kappa shape index (κ2) is 11.3. The molecule has 0 saturated carbocycles. The normalized spacial score (nSPS) is 11.2. The van der Waals surface area contributed by atoms with Gasteiger partial charge in [-0.25, -0.2) is 4.39 Å². The summed E-state index contributed by atoms with van der Waals surface area (Å²) in [4.78, 5) is 16.0. The zero-order valence-corrected chi connectivity index (χ0v) is 17.3. The van der Waals surface area contributed by atoms with Crippen molar-refractivity contribution >= 4 is 23.6 Å². The van der Waals surface area contributed by atoms with Crippen molar-refractivity contribution in [1.29, 1.82) is 0 Å². The van der Waals surface area contributed by atoms with Crippen LogP contribution < -0.4 is 16.0 Å². The summed E-state index contributed by atoms with van der Waals surface area (Å²) < 4.78 is 13.5. The number of amides is 1. The molecular weight excluding hydrogens is 375 g/mol. The molecule has 0 aliphatic heterocycles. The third kappa shape index (κ3) is 6.56. The number of carbonyl (C=O) groups is 1. The average Bonchev–Trinajstić information content (AvgIpc) is 2.71. The molecule has 150 valence electrons. The number of nitrogens with one attached hydrogen (secondary N) is 3. The number of hydrogen-bond acceptors (Lipinski definition) is 3. The van der Waals surface area contributed by atoms with E-state index in [0.717, 1.165) is 28.9 Å². The molecule has 2 aromatic carbocycles. The molecular formula is C21H27FN4OS. The molecule has 1 amide bonds. The highest BCUT2D eigenvalue weighted by molar-refractivity contribution is 7.97. The lowest BCUT2D eigenvalue weighted by atomic mass is 10.1. The molecule has 0 spiro atoms. The minimum Gasteiger partial charge on any atom is -0.356 e. The lowest BCUT2D eigenvalue weighted by Crippen LogP contribution is -2.38. The van der Waals surface area contributed by atoms with Gasteiger partial charge in [-0.1, -0.05) is 18.2 Å². The molecule has 0 radical (unpaired) electrons. The summed E-state index contributed by atoms with van der Waals surface area (Å²) in [6, 6.07) is 12.5. The van der Waals surface area contributed by atoms with E-state index in [0.29, 0.717) is 24.6 Å². The number of hydrogen-bond donors (Lipinski definition) is 3. The van der Waals surface area contributed by atoms with E-state index >= 15 is 0 Å². The van der Waals surface area contributed by atoms with Crippen LogP contribution >= 0.6 is 11.8 Å². The highest BCUT2D eigenvalue weighted by Gasteiger charge is 2.06. The van der Waals surface area contributed by atoms with Gasteiger partial charge in [-0.2, -0.15) is 11.8 Å². The van der Waals surface area contributed by atoms with Crippen LogP contribution in [0.15, 0.2) is 47.5 Å². The van der Waals surface area contributed by atoms with Crippen LogP contribution in [-0.4, -0.2) is 38.8 Å². The fourth-order valence-electron chi connectivity index (χ4n) is 2.79. The molecule has 5 nitrogen and oxygen atoms in total. The second-order valence-electron chi connectivity index (χ2n) is 6.23. The van der Waals surface area contributed by atoms with Crippen LogP contribution in [0.25, 0.3) is 0 Å². The maximum absolute atomic E-state index is 13.5. The van der Waals surface area contributed by atoms with Crippen molar-refractivity contribution in [3.05, 3.63) is 70.5 Å². The highest BCUT2D eigenvalue weighted by atomic mass is 32.2. The minimum absolute atomic E-state index is 0.0902. The van der Waals surface area contributed by atoms with Crippen LogP contribution in [0, 0.1) is 5.82 Å². The molecule has 0 saturated heterocycles. The van der Waals surface area contributed by atoms with Crippen LogP contribution in [-0.2, 0) is 18.7 Å². The predicted molar refractivity (Wildman–Crippen MR) is 115 cm³/mol. The van der Waals surface area contributed by atoms with Gasteiger partial charge in [0.1, 0.15) is 5.82 Å². The van der Waals surface area contributed by atoms with Crippen LogP contribution in [0.4, 0.5) is 4.39 Å². The maximum Gasteiger partial charge on any atom is 0.251 e. The Hall–Kier alpha value is -2.54. The Kier molecular flexibility index (Phi) is 8.81. The summed E-state index contributed by atoms with van der Waals surface area (Å²) >= 11 is 1.67. The molecule has 0 bridgehead atoms. The third-order valence-electron chi connectivity index (χ3n) is 4.26. The van der Waals surface area contributed by atoms with E-state index in [2.05, 4.69) is 20.9 Å². The van der Waals surface area contributed by atoms with Gasteiger partial charge in [0.05, 0.1) is 0 Å². The number of thioether (sulfide) groups is 1. The summed E-state index contributed by atoms with van der Waals surface area (Å²) in [5.74, 6) is 1.14. The number of guanidine groups is 1. The Morgan fingerprint density at radius 2 is 1.96 bits per heavy atom. The van der Waals surface area contributed by atoms with Gasteiger partial charge in [-0.15, -0.1) is 0 Å². The number of aliphatic imine (C=N–C) groups is 1. The zero-order chi connectivity index (χ0) is 20.4. The molecule has 0 aromatic heterocycles. The molecule has 0 fully saturated rings. The lowest BCUT2D eigenvalue weighted by Gasteiger charge is -2.14. The van der Waals surface area contributed by atoms with E-state index in [1.165, 1.54) is 6.07 Å². The van der Waals surface area contributed by atoms with E-state index in [4.69, 9.17) is 0 Å². The Bertz CT molecular complexity index is 826. The molecule has 3 N–H and O–H groups in total. The molecule has 0 unspecified atom stereocenters. The number of nitrogens with zero attached hydrogens (tertiary/aromatic N) is 1. The standard InChI is InChI=1S/C21H27FN4OS/c1-23-20(27)16-6-4-5-15(11-16)9-10-25-21(24-2)26-13-17-7-8-19(22)12-18(17)14-28-3/h4-8,11-12H,9-10,13-14H2,1-3H3,(H,23,27)(H2,24,25,26). The Morgan fingerprint density at radius 1 is 1.14 bits per heavy atom. The van der Waals surface area contributed by atoms with Gasteiger partial charge in [0.15, 0.2) is 5.96 Å². The maximum atomic E-state index is 13.5. The Labute approximate surface area is 170 Å². The molecule has 0 aliphatic rings. The van der Waals surface area contributed by atoms with Gasteiger partial charge in [0.25, 0.3) is 5.91 Å². The van der Waals surface area contributed by atoms with Crippen molar-refractivity contribution < 1.29 is 9.18 Å². The van der Waals surface area contributed by atoms with Gasteiger partial charge in [0.2, 0.25) is 0 Å². The summed E-state index contributed by atoms with van der Waals surface area (Å²) in [5.41, 5.74) is 3.77. The van der Waals surface area contributed by atoms with E-state index in [1.807, 2.05) is 30.5 Å². The second-order valence-corrected chi connectivity index (χ2v) is 7.09. The quantitative estimate of drug-likeness (QED) is 0.469. The van der Waals surface area contributed by atoms with Crippen molar-refractivity contribution in [1.82, 2.24) is 16.0 Å². The molecule has 28 heavy (non-hydrogen) atoms. The Morgan fingerprint density at radius 3 is 2.68 bits per heavy atom. The minimum atomic E-state index is -0.214. The molecule has 2 rings (SSSR count). The molecule has 0 heterocycles. The monoisotopic (exact) mass is 402 g/mol. The molecule has 2 aromatic rings. The number of carbonyl (C=O) groups excluding carboxylic acids is 1. The first-order valence-corrected chi connectivity index (χ1v) is 10.5. The van der Waals surface area contributed by atoms with Gasteiger partial charge in [-0.3, -0.25) is 9.79 Å². The van der Waals surface area contributed by atoms with E-state index in [1.54, 1.807) is 38.0 Å². The molecule has 7 heteroatoms. The van der Waals surface area contributed by atoms with Crippen molar-refractivity contribution in [2.45, 2.75) is 18.7 Å². The van der Waals surface area contributed by atoms with Crippen LogP contribution in [0.2, 0.25) is 0 Å². The van der Waals surface area contributed by atoms with Gasteiger partial charge >= 0.3 is 0 Å². The zero-order valence-electron chi connectivity index (χ0n) is 16.5. The predicted octanol–water partition coefficient (Wildman–Crippen LogP) is 2.96. The molecule has 0 aliphatic carbocycles. The third-order valence-corrected chi connectivity index (χ3v) is 4.86. The molecule has 0 atom stereocenters. The van der Waals surface area contributed by atoms with Crippen LogP contribution in [0.3, 0.4) is 0 Å². The summed E-state index contributed by atoms with van der Waals surface area (Å²) in [6.07, 6.45) is 2.77. The number of benzene rings is 2. The number of rotatable bonds is 8. The van der Waals surface area contributed by atoms with E-state index in [9.17, 15) is 9.18 Å². The SMILES string of the molecule is CN=C(NCCc1cccc(C(=O)NC)c1)NCc1ccc(F)cc1CSC. The van der Waals surface area contributed by atoms with Gasteiger partial charge < -0.3 is 16.0 Å². The topological polar surface area (TPSA) is 65.5 Å². The highest BCUT2D eigenvalue weighted by Crippen LogP contribution is 2.16. The Balaban J connectivity index is 1.88. The van der Waals surface area contributed by atoms with Crippen LogP contribution in [0.5, 0.6) is 0 Å². The smallest absolute Gasteiger partial charge is 0.251 e. The van der Waals surface area contributed by atoms with Crippen molar-refractivity contribution in [2.24, 2.45) is 4.99 Å². The summed E-state index contributed by atoms with van der Waals surface area (Å²) in [7, 11) is 3.34. The average molecular weight is 403 g/mol. The summed E-state index contributed by atoms with van der Waals surface area (Å²) in [6.45, 7) is 1.25. The van der Waals surface area contributed by atoms with Crippen molar-refractivity contribution in [2.75, 3.05) is 26.9 Å². The van der Waals surface area contributed by atoms with E-state index in [-0.39, 0.29) is 11.7 Å². The first-order valence-electron chi connectivity index (χ1n) is 9.09. The van der Waals surface area contributed by atoms with Gasteiger partial charge in [0, 0.05) is 38.5 Å². The number of halogens is 1. The van der Waals surface area contributed by atoms with Gasteiger partial charge in [-0.05, 0) is 53.6 Å². The fourth-order valence-corrected chi connectivity index (χ4v) is 3.37.